The van der Waals surface area contributed by atoms with Crippen LogP contribution in [0.5, 0.6) is 0 Å². The molecule has 3 heteroatoms. The Morgan fingerprint density at radius 2 is 2.07 bits per heavy atom. The minimum absolute atomic E-state index is 0.103. The maximum atomic E-state index is 10.9. The van der Waals surface area contributed by atoms with Crippen LogP contribution in [0.3, 0.4) is 0 Å². The van der Waals surface area contributed by atoms with Crippen LogP contribution in [0.4, 0.5) is 0 Å². The summed E-state index contributed by atoms with van der Waals surface area (Å²) in [5.74, 6) is -0.103. The first-order valence-corrected chi connectivity index (χ1v) is 5.17. The lowest BCUT2D eigenvalue weighted by Crippen LogP contribution is -2.18. The maximum Gasteiger partial charge on any atom is 0.305 e. The molecule has 0 bridgehead atoms. The van der Waals surface area contributed by atoms with E-state index >= 15 is 0 Å². The molecule has 0 radical (unpaired) electrons. The van der Waals surface area contributed by atoms with E-state index in [1.165, 1.54) is 5.57 Å². The van der Waals surface area contributed by atoms with Gasteiger partial charge in [0.2, 0.25) is 0 Å². The molecule has 0 aromatic carbocycles. The fourth-order valence-corrected chi connectivity index (χ4v) is 1.02. The lowest BCUT2D eigenvalue weighted by Gasteiger charge is -2.04. The van der Waals surface area contributed by atoms with Crippen molar-refractivity contribution in [3.63, 3.8) is 0 Å². The molecule has 0 fully saturated rings. The van der Waals surface area contributed by atoms with Gasteiger partial charge >= 0.3 is 5.97 Å². The van der Waals surface area contributed by atoms with Crippen LogP contribution in [0, 0.1) is 0 Å². The van der Waals surface area contributed by atoms with Gasteiger partial charge in [-0.25, -0.2) is 0 Å². The Morgan fingerprint density at radius 1 is 1.36 bits per heavy atom. The second-order valence-electron chi connectivity index (χ2n) is 3.37. The Bertz CT molecular complexity index is 178. The Labute approximate surface area is 86.5 Å². The number of hydrogen-bond donors (Lipinski definition) is 1. The standard InChI is InChI=1S/C11H21NO2/c1-4-14-11(13)6-5-8-12-9-7-10(2)3/h12H,2,4-9H2,1,3H3. The first kappa shape index (κ1) is 13.2. The van der Waals surface area contributed by atoms with Crippen molar-refractivity contribution in [2.45, 2.75) is 33.1 Å². The van der Waals surface area contributed by atoms with Crippen LogP contribution in [0.15, 0.2) is 12.2 Å². The topological polar surface area (TPSA) is 38.3 Å². The molecule has 0 aliphatic carbocycles. The molecule has 0 saturated heterocycles. The molecule has 1 N–H and O–H groups in total. The van der Waals surface area contributed by atoms with Crippen LogP contribution >= 0.6 is 0 Å². The molecule has 0 aromatic rings. The highest BCUT2D eigenvalue weighted by Crippen LogP contribution is 1.94. The molecule has 0 amide bonds. The lowest BCUT2D eigenvalue weighted by atomic mass is 10.2. The quantitative estimate of drug-likeness (QED) is 0.368. The van der Waals surface area contributed by atoms with Crippen LogP contribution in [0.25, 0.3) is 0 Å². The van der Waals surface area contributed by atoms with Gasteiger partial charge in [0.25, 0.3) is 0 Å². The predicted molar refractivity (Wildman–Crippen MR) is 58.2 cm³/mol. The van der Waals surface area contributed by atoms with Gasteiger partial charge in [-0.05, 0) is 39.8 Å². The number of hydrogen-bond acceptors (Lipinski definition) is 3. The third-order valence-electron chi connectivity index (χ3n) is 1.77. The number of rotatable bonds is 8. The van der Waals surface area contributed by atoms with Crippen molar-refractivity contribution < 1.29 is 9.53 Å². The normalized spacial score (nSPS) is 9.86. The molecular weight excluding hydrogens is 178 g/mol. The molecule has 0 saturated carbocycles. The van der Waals surface area contributed by atoms with Gasteiger partial charge in [-0.2, -0.15) is 0 Å². The second kappa shape index (κ2) is 8.75. The molecule has 0 spiro atoms. The van der Waals surface area contributed by atoms with Crippen molar-refractivity contribution in [2.75, 3.05) is 19.7 Å². The fourth-order valence-electron chi connectivity index (χ4n) is 1.02. The summed E-state index contributed by atoms with van der Waals surface area (Å²) in [4.78, 5) is 10.9. The lowest BCUT2D eigenvalue weighted by molar-refractivity contribution is -0.143. The summed E-state index contributed by atoms with van der Waals surface area (Å²) in [6, 6.07) is 0. The van der Waals surface area contributed by atoms with Crippen molar-refractivity contribution in [3.8, 4) is 0 Å². The van der Waals surface area contributed by atoms with Crippen molar-refractivity contribution in [3.05, 3.63) is 12.2 Å². The molecule has 3 nitrogen and oxygen atoms in total. The Morgan fingerprint density at radius 3 is 2.64 bits per heavy atom. The molecule has 0 unspecified atom stereocenters. The van der Waals surface area contributed by atoms with E-state index < -0.39 is 0 Å². The maximum absolute atomic E-state index is 10.9. The number of carbonyl (C=O) groups excluding carboxylic acids is 1. The average molecular weight is 199 g/mol. The van der Waals surface area contributed by atoms with Crippen LogP contribution in [-0.4, -0.2) is 25.7 Å². The van der Waals surface area contributed by atoms with Crippen molar-refractivity contribution in [1.29, 1.82) is 0 Å². The second-order valence-corrected chi connectivity index (χ2v) is 3.37. The van der Waals surface area contributed by atoms with Gasteiger partial charge in [-0.15, -0.1) is 6.58 Å². The monoisotopic (exact) mass is 199 g/mol. The zero-order chi connectivity index (χ0) is 10.8. The number of ether oxygens (including phenoxy) is 1. The summed E-state index contributed by atoms with van der Waals surface area (Å²) >= 11 is 0. The van der Waals surface area contributed by atoms with E-state index in [1.54, 1.807) is 0 Å². The van der Waals surface area contributed by atoms with Gasteiger partial charge in [0, 0.05) is 6.42 Å². The van der Waals surface area contributed by atoms with Gasteiger partial charge in [0.1, 0.15) is 0 Å². The third-order valence-corrected chi connectivity index (χ3v) is 1.77. The van der Waals surface area contributed by atoms with Gasteiger partial charge in [-0.1, -0.05) is 5.57 Å². The van der Waals surface area contributed by atoms with Crippen LogP contribution in [0.1, 0.15) is 33.1 Å². The summed E-state index contributed by atoms with van der Waals surface area (Å²) in [5, 5.41) is 3.25. The summed E-state index contributed by atoms with van der Waals surface area (Å²) in [6.07, 6.45) is 2.35. The third kappa shape index (κ3) is 9.26. The highest BCUT2D eigenvalue weighted by atomic mass is 16.5. The molecule has 0 aromatic heterocycles. The Balaban J connectivity index is 3.13. The molecule has 14 heavy (non-hydrogen) atoms. The van der Waals surface area contributed by atoms with Crippen LogP contribution < -0.4 is 5.32 Å². The van der Waals surface area contributed by atoms with E-state index in [0.717, 1.165) is 25.9 Å². The number of esters is 1. The highest BCUT2D eigenvalue weighted by molar-refractivity contribution is 5.69. The van der Waals surface area contributed by atoms with Gasteiger partial charge < -0.3 is 10.1 Å². The van der Waals surface area contributed by atoms with E-state index in [9.17, 15) is 4.79 Å². The minimum Gasteiger partial charge on any atom is -0.466 e. The van der Waals surface area contributed by atoms with Crippen LogP contribution in [0.2, 0.25) is 0 Å². The molecular formula is C11H21NO2. The molecule has 82 valence electrons. The van der Waals surface area contributed by atoms with E-state index in [1.807, 2.05) is 13.8 Å². The predicted octanol–water partition coefficient (Wildman–Crippen LogP) is 1.89. The molecule has 0 aliphatic rings. The minimum atomic E-state index is -0.103. The van der Waals surface area contributed by atoms with E-state index in [4.69, 9.17) is 4.74 Å². The molecule has 0 heterocycles. The Kier molecular flexibility index (Phi) is 8.24. The fraction of sp³-hybridized carbons (Fsp3) is 0.727. The van der Waals surface area contributed by atoms with Gasteiger partial charge in [0.05, 0.1) is 6.61 Å². The van der Waals surface area contributed by atoms with E-state index in [0.29, 0.717) is 13.0 Å². The molecule has 0 aliphatic heterocycles. The summed E-state index contributed by atoms with van der Waals surface area (Å²) < 4.78 is 4.81. The summed E-state index contributed by atoms with van der Waals surface area (Å²) in [6.45, 7) is 9.93. The number of carbonyl (C=O) groups is 1. The SMILES string of the molecule is C=C(C)CCNCCCC(=O)OCC. The zero-order valence-corrected chi connectivity index (χ0v) is 9.27. The zero-order valence-electron chi connectivity index (χ0n) is 9.27. The Hall–Kier alpha value is -0.830. The molecule has 0 atom stereocenters. The van der Waals surface area contributed by atoms with E-state index in [-0.39, 0.29) is 5.97 Å². The molecule has 0 rings (SSSR count). The summed E-state index contributed by atoms with van der Waals surface area (Å²) in [7, 11) is 0. The van der Waals surface area contributed by atoms with Gasteiger partial charge in [0.15, 0.2) is 0 Å². The number of nitrogens with one attached hydrogen (secondary N) is 1. The smallest absolute Gasteiger partial charge is 0.305 e. The van der Waals surface area contributed by atoms with Crippen molar-refractivity contribution in [1.82, 2.24) is 5.32 Å². The van der Waals surface area contributed by atoms with Crippen molar-refractivity contribution in [2.24, 2.45) is 0 Å². The summed E-state index contributed by atoms with van der Waals surface area (Å²) in [5.41, 5.74) is 1.18. The first-order chi connectivity index (χ1) is 6.66. The van der Waals surface area contributed by atoms with Gasteiger partial charge in [-0.3, -0.25) is 4.79 Å². The highest BCUT2D eigenvalue weighted by Gasteiger charge is 1.99. The van der Waals surface area contributed by atoms with E-state index in [2.05, 4.69) is 11.9 Å². The largest absolute Gasteiger partial charge is 0.466 e. The average Bonchev–Trinajstić information content (AvgIpc) is 2.11. The first-order valence-electron chi connectivity index (χ1n) is 5.17. The van der Waals surface area contributed by atoms with Crippen molar-refractivity contribution >= 4 is 5.97 Å². The van der Waals surface area contributed by atoms with Crippen LogP contribution in [-0.2, 0) is 9.53 Å².